The maximum Gasteiger partial charge on any atom is 0.534 e. The van der Waals surface area contributed by atoms with Gasteiger partial charge in [-0.2, -0.15) is 21.6 Å². The Labute approximate surface area is 219 Å². The van der Waals surface area contributed by atoms with E-state index in [1.54, 1.807) is 36.4 Å². The van der Waals surface area contributed by atoms with Crippen molar-refractivity contribution >= 4 is 22.7 Å². The normalized spacial score (nSPS) is 17.6. The second kappa shape index (κ2) is 10.2. The Morgan fingerprint density at radius 2 is 1.18 bits per heavy atom. The van der Waals surface area contributed by atoms with Gasteiger partial charge in [-0.3, -0.25) is 0 Å². The van der Waals surface area contributed by atoms with Crippen LogP contribution in [0.5, 0.6) is 17.2 Å². The maximum atomic E-state index is 12.6. The van der Waals surface area contributed by atoms with E-state index in [2.05, 4.69) is 4.18 Å². The zero-order chi connectivity index (χ0) is 27.8. The van der Waals surface area contributed by atoms with Gasteiger partial charge in [0.1, 0.15) is 17.2 Å². The van der Waals surface area contributed by atoms with Crippen molar-refractivity contribution in [3.05, 3.63) is 84.4 Å². The molecular formula is C26H26BF3O7S. The van der Waals surface area contributed by atoms with Crippen molar-refractivity contribution in [2.45, 2.75) is 50.7 Å². The molecule has 1 saturated heterocycles. The molecule has 0 aliphatic carbocycles. The second-order valence-corrected chi connectivity index (χ2v) is 11.1. The van der Waals surface area contributed by atoms with Crippen LogP contribution in [0, 0.1) is 0 Å². The summed E-state index contributed by atoms with van der Waals surface area (Å²) < 4.78 is 88.5. The van der Waals surface area contributed by atoms with Gasteiger partial charge < -0.3 is 23.0 Å². The molecule has 202 valence electrons. The zero-order valence-electron chi connectivity index (χ0n) is 21.1. The summed E-state index contributed by atoms with van der Waals surface area (Å²) in [5.74, 6) is 0.185. The lowest BCUT2D eigenvalue weighted by molar-refractivity contribution is -0.0500. The van der Waals surface area contributed by atoms with Crippen molar-refractivity contribution in [1.29, 1.82) is 0 Å². The Morgan fingerprint density at radius 3 is 1.66 bits per heavy atom. The standard InChI is InChI=1S/C26H26BF3O7S/c1-24(2)25(3,4)37-27(36-24)19-10-12-20(13-11-19)33-23(18-8-6-5-7-9-18)34-21-14-16-22(17-15-21)35-38(31,32)26(28,29)30/h5-17,23H,1-4H3. The van der Waals surface area contributed by atoms with Crippen LogP contribution >= 0.6 is 0 Å². The first-order valence-corrected chi connectivity index (χ1v) is 13.0. The van der Waals surface area contributed by atoms with Gasteiger partial charge >= 0.3 is 22.7 Å². The average molecular weight is 550 g/mol. The first-order chi connectivity index (χ1) is 17.7. The first-order valence-electron chi connectivity index (χ1n) is 11.6. The van der Waals surface area contributed by atoms with Crippen LogP contribution in [0.25, 0.3) is 0 Å². The highest BCUT2D eigenvalue weighted by Gasteiger charge is 2.51. The van der Waals surface area contributed by atoms with Crippen LogP contribution in [0.1, 0.15) is 39.5 Å². The highest BCUT2D eigenvalue weighted by Crippen LogP contribution is 2.37. The lowest BCUT2D eigenvalue weighted by Gasteiger charge is -2.32. The molecule has 1 unspecified atom stereocenters. The number of rotatable bonds is 8. The quantitative estimate of drug-likeness (QED) is 0.162. The van der Waals surface area contributed by atoms with Gasteiger partial charge in [-0.1, -0.05) is 42.5 Å². The van der Waals surface area contributed by atoms with Crippen LogP contribution in [0.2, 0.25) is 0 Å². The second-order valence-electron chi connectivity index (χ2n) is 9.59. The lowest BCUT2D eigenvalue weighted by atomic mass is 9.79. The number of hydrogen-bond donors (Lipinski definition) is 0. The molecule has 3 aromatic rings. The van der Waals surface area contributed by atoms with Crippen molar-refractivity contribution in [2.75, 3.05) is 0 Å². The maximum absolute atomic E-state index is 12.6. The Hall–Kier alpha value is -3.22. The zero-order valence-corrected chi connectivity index (χ0v) is 21.9. The summed E-state index contributed by atoms with van der Waals surface area (Å²) in [6, 6.07) is 20.8. The van der Waals surface area contributed by atoms with Crippen molar-refractivity contribution in [2.24, 2.45) is 0 Å². The predicted octanol–water partition coefficient (Wildman–Crippen LogP) is 5.37. The molecule has 0 N–H and O–H groups in total. The van der Waals surface area contributed by atoms with Crippen molar-refractivity contribution < 1.29 is 44.6 Å². The molecule has 7 nitrogen and oxygen atoms in total. The van der Waals surface area contributed by atoms with Gasteiger partial charge in [-0.05, 0) is 69.6 Å². The number of alkyl halides is 3. The number of hydrogen-bond acceptors (Lipinski definition) is 7. The first kappa shape index (κ1) is 27.8. The van der Waals surface area contributed by atoms with Crippen LogP contribution in [0.15, 0.2) is 78.9 Å². The summed E-state index contributed by atoms with van der Waals surface area (Å²) in [5.41, 5.74) is -5.00. The third-order valence-corrected chi connectivity index (χ3v) is 7.26. The minimum absolute atomic E-state index is 0.212. The van der Waals surface area contributed by atoms with E-state index in [4.69, 9.17) is 18.8 Å². The SMILES string of the molecule is CC1(C)OB(c2ccc(OC(Oc3ccc(OS(=O)(=O)C(F)(F)F)cc3)c3ccccc3)cc2)OC1(C)C. The number of ether oxygens (including phenoxy) is 2. The van der Waals surface area contributed by atoms with Gasteiger partial charge in [0, 0.05) is 5.56 Å². The van der Waals surface area contributed by atoms with Crippen molar-refractivity contribution in [3.63, 3.8) is 0 Å². The molecule has 1 aliphatic rings. The van der Waals surface area contributed by atoms with E-state index in [9.17, 15) is 21.6 Å². The van der Waals surface area contributed by atoms with Gasteiger partial charge in [0.05, 0.1) is 11.2 Å². The predicted molar refractivity (Wildman–Crippen MR) is 135 cm³/mol. The van der Waals surface area contributed by atoms with Crippen LogP contribution in [0.3, 0.4) is 0 Å². The molecule has 1 atom stereocenters. The summed E-state index contributed by atoms with van der Waals surface area (Å²) in [4.78, 5) is 0. The Kier molecular flexibility index (Phi) is 7.44. The largest absolute Gasteiger partial charge is 0.534 e. The molecule has 1 heterocycles. The average Bonchev–Trinajstić information content (AvgIpc) is 3.06. The van der Waals surface area contributed by atoms with Crippen molar-refractivity contribution in [3.8, 4) is 17.2 Å². The summed E-state index contributed by atoms with van der Waals surface area (Å²) in [7, 11) is -6.31. The molecule has 1 aliphatic heterocycles. The van der Waals surface area contributed by atoms with E-state index >= 15 is 0 Å². The summed E-state index contributed by atoms with van der Waals surface area (Å²) in [6.07, 6.45) is -0.926. The molecule has 0 aromatic heterocycles. The topological polar surface area (TPSA) is 80.3 Å². The lowest BCUT2D eigenvalue weighted by Crippen LogP contribution is -2.41. The van der Waals surface area contributed by atoms with Gasteiger partial charge in [0.15, 0.2) is 0 Å². The summed E-state index contributed by atoms with van der Waals surface area (Å²) in [5, 5.41) is 0. The van der Waals surface area contributed by atoms with E-state index in [0.717, 1.165) is 17.6 Å². The monoisotopic (exact) mass is 550 g/mol. The fraction of sp³-hybridized carbons (Fsp3) is 0.308. The molecular weight excluding hydrogens is 524 g/mol. The van der Waals surface area contributed by atoms with E-state index < -0.39 is 46.0 Å². The molecule has 38 heavy (non-hydrogen) atoms. The fourth-order valence-corrected chi connectivity index (χ4v) is 3.91. The highest BCUT2D eigenvalue weighted by atomic mass is 32.2. The molecule has 0 saturated carbocycles. The molecule has 12 heteroatoms. The smallest absolute Gasteiger partial charge is 0.451 e. The van der Waals surface area contributed by atoms with Gasteiger partial charge in [0.2, 0.25) is 0 Å². The molecule has 4 rings (SSSR count). The summed E-state index contributed by atoms with van der Waals surface area (Å²) in [6.45, 7) is 7.89. The number of benzene rings is 3. The number of halogens is 3. The van der Waals surface area contributed by atoms with Crippen LogP contribution < -0.4 is 19.1 Å². The molecule has 0 amide bonds. The summed E-state index contributed by atoms with van der Waals surface area (Å²) >= 11 is 0. The van der Waals surface area contributed by atoms with Crippen LogP contribution in [-0.2, 0) is 19.4 Å². The molecule has 0 spiro atoms. The molecule has 0 bridgehead atoms. The minimum atomic E-state index is -5.78. The van der Waals surface area contributed by atoms with Crippen LogP contribution in [0.4, 0.5) is 13.2 Å². The minimum Gasteiger partial charge on any atom is -0.451 e. The molecule has 1 fully saturated rings. The van der Waals surface area contributed by atoms with E-state index in [1.807, 2.05) is 45.9 Å². The third kappa shape index (κ3) is 6.08. The fourth-order valence-electron chi connectivity index (χ4n) is 3.45. The van der Waals surface area contributed by atoms with Gasteiger partial charge in [0.25, 0.3) is 6.29 Å². The van der Waals surface area contributed by atoms with E-state index in [1.165, 1.54) is 12.1 Å². The Morgan fingerprint density at radius 1 is 0.737 bits per heavy atom. The van der Waals surface area contributed by atoms with Gasteiger partial charge in [-0.15, -0.1) is 0 Å². The highest BCUT2D eigenvalue weighted by molar-refractivity contribution is 7.88. The van der Waals surface area contributed by atoms with E-state index in [-0.39, 0.29) is 5.75 Å². The van der Waals surface area contributed by atoms with E-state index in [0.29, 0.717) is 11.3 Å². The third-order valence-electron chi connectivity index (χ3n) is 6.28. The van der Waals surface area contributed by atoms with Gasteiger partial charge in [-0.25, -0.2) is 0 Å². The van der Waals surface area contributed by atoms with Crippen LogP contribution in [-0.4, -0.2) is 32.2 Å². The Bertz CT molecular complexity index is 1330. The molecule has 3 aromatic carbocycles. The molecule has 0 radical (unpaired) electrons. The van der Waals surface area contributed by atoms with Crippen molar-refractivity contribution in [1.82, 2.24) is 0 Å². The Balaban J connectivity index is 1.49.